The second-order valence-electron chi connectivity index (χ2n) is 5.47. The number of aromatic nitrogens is 2. The quantitative estimate of drug-likeness (QED) is 0.943. The summed E-state index contributed by atoms with van der Waals surface area (Å²) in [6.45, 7) is 4.38. The summed E-state index contributed by atoms with van der Waals surface area (Å²) in [5, 5.41) is 0. The van der Waals surface area contributed by atoms with Crippen LogP contribution in [-0.4, -0.2) is 51.9 Å². The molecule has 0 unspecified atom stereocenters. The van der Waals surface area contributed by atoms with E-state index < -0.39 is 17.5 Å². The molecule has 0 radical (unpaired) electrons. The van der Waals surface area contributed by atoms with E-state index in [1.165, 1.54) is 12.1 Å². The molecule has 1 aromatic heterocycles. The molecule has 2 heterocycles. The van der Waals surface area contributed by atoms with Gasteiger partial charge in [0.25, 0.3) is 5.91 Å². The highest BCUT2D eigenvalue weighted by Crippen LogP contribution is 2.24. The SMILES string of the molecule is CCN1CCN(C(=O)c2cccc(F)c2F)C[C@@H]1c1ncc[nH]1. The van der Waals surface area contributed by atoms with Crippen LogP contribution in [0.25, 0.3) is 0 Å². The van der Waals surface area contributed by atoms with E-state index in [9.17, 15) is 13.6 Å². The highest BCUT2D eigenvalue weighted by molar-refractivity contribution is 5.94. The Kier molecular flexibility index (Phi) is 4.38. The molecule has 1 saturated heterocycles. The first-order valence-corrected chi connectivity index (χ1v) is 7.58. The number of hydrogen-bond acceptors (Lipinski definition) is 3. The molecule has 122 valence electrons. The maximum Gasteiger partial charge on any atom is 0.257 e. The summed E-state index contributed by atoms with van der Waals surface area (Å²) in [5.74, 6) is -1.83. The third kappa shape index (κ3) is 2.96. The summed E-state index contributed by atoms with van der Waals surface area (Å²) in [4.78, 5) is 23.6. The Balaban J connectivity index is 1.83. The summed E-state index contributed by atoms with van der Waals surface area (Å²) in [6.07, 6.45) is 3.40. The van der Waals surface area contributed by atoms with Gasteiger partial charge in [0, 0.05) is 32.0 Å². The third-order valence-electron chi connectivity index (χ3n) is 4.20. The lowest BCUT2D eigenvalue weighted by atomic mass is 10.1. The zero-order valence-corrected chi connectivity index (χ0v) is 12.8. The zero-order chi connectivity index (χ0) is 16.4. The second-order valence-corrected chi connectivity index (χ2v) is 5.47. The number of hydrogen-bond donors (Lipinski definition) is 1. The Labute approximate surface area is 132 Å². The van der Waals surface area contributed by atoms with Crippen molar-refractivity contribution in [2.24, 2.45) is 0 Å². The Hall–Kier alpha value is -2.28. The molecule has 1 N–H and O–H groups in total. The lowest BCUT2D eigenvalue weighted by molar-refractivity contribution is 0.0475. The van der Waals surface area contributed by atoms with E-state index in [2.05, 4.69) is 14.9 Å². The van der Waals surface area contributed by atoms with Gasteiger partial charge in [-0.3, -0.25) is 9.69 Å². The van der Waals surface area contributed by atoms with Gasteiger partial charge in [0.05, 0.1) is 11.6 Å². The molecule has 1 amide bonds. The van der Waals surface area contributed by atoms with E-state index in [1.54, 1.807) is 17.3 Å². The number of aromatic amines is 1. The van der Waals surface area contributed by atoms with Crippen molar-refractivity contribution in [2.45, 2.75) is 13.0 Å². The predicted octanol–water partition coefficient (Wildman–Crippen LogP) is 2.21. The van der Waals surface area contributed by atoms with Gasteiger partial charge in [-0.05, 0) is 18.7 Å². The minimum Gasteiger partial charge on any atom is -0.347 e. The number of carbonyl (C=O) groups excluding carboxylic acids is 1. The van der Waals surface area contributed by atoms with Crippen molar-refractivity contribution < 1.29 is 13.6 Å². The maximum absolute atomic E-state index is 13.9. The molecule has 2 aromatic rings. The standard InChI is InChI=1S/C16H18F2N4O/c1-2-21-8-9-22(10-13(21)15-19-6-7-20-15)16(23)11-4-3-5-12(17)14(11)18/h3-7,13H,2,8-10H2,1H3,(H,19,20)/t13-/m1/s1. The monoisotopic (exact) mass is 320 g/mol. The number of likely N-dealkylation sites (N-methyl/N-ethyl adjacent to an activating group) is 1. The molecule has 3 rings (SSSR count). The average Bonchev–Trinajstić information content (AvgIpc) is 3.10. The number of imidazole rings is 1. The second kappa shape index (κ2) is 6.45. The lowest BCUT2D eigenvalue weighted by Gasteiger charge is -2.40. The fourth-order valence-corrected chi connectivity index (χ4v) is 2.94. The molecule has 0 saturated carbocycles. The first-order chi connectivity index (χ1) is 11.1. The molecule has 0 spiro atoms. The van der Waals surface area contributed by atoms with Crippen LogP contribution in [0, 0.1) is 11.6 Å². The smallest absolute Gasteiger partial charge is 0.257 e. The van der Waals surface area contributed by atoms with Gasteiger partial charge in [-0.1, -0.05) is 13.0 Å². The van der Waals surface area contributed by atoms with Crippen molar-refractivity contribution in [3.05, 3.63) is 53.6 Å². The van der Waals surface area contributed by atoms with Gasteiger partial charge >= 0.3 is 0 Å². The van der Waals surface area contributed by atoms with E-state index in [0.29, 0.717) is 19.6 Å². The zero-order valence-electron chi connectivity index (χ0n) is 12.8. The van der Waals surface area contributed by atoms with Gasteiger partial charge in [-0.15, -0.1) is 0 Å². The summed E-state index contributed by atoms with van der Waals surface area (Å²) < 4.78 is 27.2. The first kappa shape index (κ1) is 15.6. The number of benzene rings is 1. The molecule has 1 aromatic carbocycles. The van der Waals surface area contributed by atoms with Crippen LogP contribution in [0.15, 0.2) is 30.6 Å². The highest BCUT2D eigenvalue weighted by Gasteiger charge is 2.32. The van der Waals surface area contributed by atoms with E-state index in [4.69, 9.17) is 0 Å². The summed E-state index contributed by atoms with van der Waals surface area (Å²) in [6, 6.07) is 3.59. The first-order valence-electron chi connectivity index (χ1n) is 7.58. The van der Waals surface area contributed by atoms with Crippen LogP contribution >= 0.6 is 0 Å². The molecule has 5 nitrogen and oxygen atoms in total. The Bertz CT molecular complexity index is 689. The van der Waals surface area contributed by atoms with Crippen molar-refractivity contribution >= 4 is 5.91 Å². The number of rotatable bonds is 3. The van der Waals surface area contributed by atoms with E-state index in [0.717, 1.165) is 18.4 Å². The normalized spacial score (nSPS) is 19.1. The number of nitrogens with one attached hydrogen (secondary N) is 1. The van der Waals surface area contributed by atoms with Crippen molar-refractivity contribution in [1.29, 1.82) is 0 Å². The predicted molar refractivity (Wildman–Crippen MR) is 80.8 cm³/mol. The largest absolute Gasteiger partial charge is 0.347 e. The Morgan fingerprint density at radius 1 is 1.39 bits per heavy atom. The van der Waals surface area contributed by atoms with E-state index in [-0.39, 0.29) is 11.6 Å². The minimum atomic E-state index is -1.09. The van der Waals surface area contributed by atoms with Crippen LogP contribution in [-0.2, 0) is 0 Å². The van der Waals surface area contributed by atoms with Gasteiger partial charge in [-0.2, -0.15) is 0 Å². The van der Waals surface area contributed by atoms with Crippen molar-refractivity contribution in [2.75, 3.05) is 26.2 Å². The van der Waals surface area contributed by atoms with E-state index in [1.807, 2.05) is 6.92 Å². The summed E-state index contributed by atoms with van der Waals surface area (Å²) >= 11 is 0. The fourth-order valence-electron chi connectivity index (χ4n) is 2.94. The maximum atomic E-state index is 13.9. The molecular formula is C16H18F2N4O. The minimum absolute atomic E-state index is 0.0793. The molecule has 0 aliphatic carbocycles. The van der Waals surface area contributed by atoms with Crippen LogP contribution < -0.4 is 0 Å². The van der Waals surface area contributed by atoms with Crippen molar-refractivity contribution in [1.82, 2.24) is 19.8 Å². The number of piperazine rings is 1. The molecule has 7 heteroatoms. The molecule has 1 fully saturated rings. The van der Waals surface area contributed by atoms with Gasteiger partial charge in [-0.25, -0.2) is 13.8 Å². The van der Waals surface area contributed by atoms with Crippen molar-refractivity contribution in [3.8, 4) is 0 Å². The fraction of sp³-hybridized carbons (Fsp3) is 0.375. The number of H-pyrrole nitrogens is 1. The molecule has 0 bridgehead atoms. The van der Waals surface area contributed by atoms with Crippen molar-refractivity contribution in [3.63, 3.8) is 0 Å². The highest BCUT2D eigenvalue weighted by atomic mass is 19.2. The summed E-state index contributed by atoms with van der Waals surface area (Å²) in [7, 11) is 0. The summed E-state index contributed by atoms with van der Waals surface area (Å²) in [5.41, 5.74) is -0.229. The van der Waals surface area contributed by atoms with Crippen LogP contribution in [0.1, 0.15) is 29.1 Å². The van der Waals surface area contributed by atoms with E-state index >= 15 is 0 Å². The number of nitrogens with zero attached hydrogens (tertiary/aromatic N) is 3. The van der Waals surface area contributed by atoms with Crippen LogP contribution in [0.3, 0.4) is 0 Å². The average molecular weight is 320 g/mol. The van der Waals surface area contributed by atoms with Crippen LogP contribution in [0.5, 0.6) is 0 Å². The Morgan fingerprint density at radius 3 is 2.91 bits per heavy atom. The van der Waals surface area contributed by atoms with Gasteiger partial charge in [0.1, 0.15) is 5.82 Å². The van der Waals surface area contributed by atoms with Gasteiger partial charge in [0.2, 0.25) is 0 Å². The molecular weight excluding hydrogens is 302 g/mol. The van der Waals surface area contributed by atoms with Gasteiger partial charge < -0.3 is 9.88 Å². The van der Waals surface area contributed by atoms with Crippen LogP contribution in [0.2, 0.25) is 0 Å². The molecule has 1 aliphatic heterocycles. The molecule has 1 aliphatic rings. The number of carbonyl (C=O) groups is 1. The molecule has 23 heavy (non-hydrogen) atoms. The van der Waals surface area contributed by atoms with Gasteiger partial charge in [0.15, 0.2) is 11.6 Å². The lowest BCUT2D eigenvalue weighted by Crippen LogP contribution is -2.50. The topological polar surface area (TPSA) is 52.2 Å². The van der Waals surface area contributed by atoms with Crippen LogP contribution in [0.4, 0.5) is 8.78 Å². The molecule has 1 atom stereocenters. The number of amides is 1. The number of halogens is 2. The Morgan fingerprint density at radius 2 is 2.22 bits per heavy atom. The third-order valence-corrected chi connectivity index (χ3v) is 4.20.